The molecule has 48 heavy (non-hydrogen) atoms. The number of nitrogens with zero attached hydrogens (tertiary/aromatic N) is 2. The average molecular weight is 700 g/mol. The number of rotatable bonds is 3. The number of amides is 2. The van der Waals surface area contributed by atoms with E-state index in [-0.39, 0.29) is 17.1 Å². The van der Waals surface area contributed by atoms with Crippen LogP contribution in [0.4, 0.5) is 5.69 Å². The number of halogens is 1. The Labute approximate surface area is 288 Å². The van der Waals surface area contributed by atoms with E-state index < -0.39 is 33.9 Å². The van der Waals surface area contributed by atoms with E-state index in [9.17, 15) is 23.1 Å². The lowest BCUT2D eigenvalue weighted by Crippen LogP contribution is -2.50. The maximum absolute atomic E-state index is 13.6. The van der Waals surface area contributed by atoms with E-state index >= 15 is 0 Å². The van der Waals surface area contributed by atoms with Gasteiger partial charge in [0, 0.05) is 44.2 Å². The van der Waals surface area contributed by atoms with Crippen molar-refractivity contribution in [3.05, 3.63) is 70.3 Å². The number of aliphatic hydroxyl groups is 1. The Morgan fingerprint density at radius 3 is 2.71 bits per heavy atom. The van der Waals surface area contributed by atoms with Crippen molar-refractivity contribution >= 4 is 39.1 Å². The molecule has 2 bridgehead atoms. The number of sulfonamides is 1. The van der Waals surface area contributed by atoms with Gasteiger partial charge in [-0.15, -0.1) is 0 Å². The molecule has 2 aliphatic carbocycles. The molecule has 4 aliphatic rings. The fraction of sp³-hybridized carbons (Fsp3) is 0.556. The largest absolute Gasteiger partial charge is 0.490 e. The summed E-state index contributed by atoms with van der Waals surface area (Å²) in [5, 5.41) is 12.8. The molecule has 0 saturated heterocycles. The van der Waals surface area contributed by atoms with Crippen LogP contribution in [0.25, 0.3) is 0 Å². The van der Waals surface area contributed by atoms with E-state index in [2.05, 4.69) is 29.2 Å². The molecule has 0 aromatic heterocycles. The van der Waals surface area contributed by atoms with Crippen molar-refractivity contribution in [1.82, 2.24) is 9.62 Å². The third-order valence-corrected chi connectivity index (χ3v) is 11.6. The van der Waals surface area contributed by atoms with Gasteiger partial charge in [0.2, 0.25) is 15.9 Å². The molecule has 6 rings (SSSR count). The SMILES string of the molecule is CO[C@H]1/C=C\CCCN(C)C(=O)C[C@@](O)(C(=O)NS(C)(=O)=O)c2ccc3c(c2)N(C[C@@H]2CC[C@H]21)C[C@@]1(CCCc2cc(Cl)ccc21)CO3. The molecule has 5 atom stereocenters. The van der Waals surface area contributed by atoms with E-state index in [4.69, 9.17) is 21.1 Å². The Hall–Kier alpha value is -3.12. The minimum atomic E-state index is -4.04. The summed E-state index contributed by atoms with van der Waals surface area (Å²) in [7, 11) is -0.669. The number of carbonyl (C=O) groups excluding carboxylic acids is 2. The minimum absolute atomic E-state index is 0.0379. The summed E-state index contributed by atoms with van der Waals surface area (Å²) in [6, 6.07) is 11.1. The lowest BCUT2D eigenvalue weighted by Gasteiger charge is -2.46. The van der Waals surface area contributed by atoms with Crippen molar-refractivity contribution in [3.63, 3.8) is 0 Å². The van der Waals surface area contributed by atoms with Crippen LogP contribution in [-0.4, -0.2) is 83.0 Å². The molecule has 1 spiro atoms. The fourth-order valence-electron chi connectivity index (χ4n) is 8.03. The first-order chi connectivity index (χ1) is 22.8. The Kier molecular flexibility index (Phi) is 9.88. The van der Waals surface area contributed by atoms with Crippen molar-refractivity contribution in [3.8, 4) is 5.75 Å². The second kappa shape index (κ2) is 13.7. The molecule has 2 aromatic rings. The Bertz CT molecular complexity index is 1700. The number of methoxy groups -OCH3 is 1. The topological polar surface area (TPSA) is 125 Å². The first kappa shape index (κ1) is 34.7. The second-order valence-corrected chi connectivity index (χ2v) is 16.3. The normalized spacial score (nSPS) is 30.2. The maximum atomic E-state index is 13.6. The third-order valence-electron chi connectivity index (χ3n) is 10.8. The van der Waals surface area contributed by atoms with Crippen LogP contribution in [0.1, 0.15) is 61.6 Å². The number of ether oxygens (including phenoxy) is 2. The minimum Gasteiger partial charge on any atom is -0.490 e. The standard InChI is InChI=1S/C36H46ClN3O7S/c1-39-17-6-4-5-9-31(46-2)28-13-10-25(28)21-40-22-35(16-7-8-24-18-27(37)12-14-29(24)35)23-47-32-15-11-26(19-30(32)40)36(43,20-33(39)41)34(42)38-48(3,44)45/h5,9,11-12,14-15,18-19,25,28,31,43H,4,6-8,10,13,16-17,20-23H2,1-3H3,(H,38,42)/b9-5-/t25-,28+,31-,35-,36-/m0/s1. The second-order valence-electron chi connectivity index (χ2n) is 14.1. The number of carbonyl (C=O) groups is 2. The van der Waals surface area contributed by atoms with E-state index in [1.165, 1.54) is 16.0 Å². The molecular formula is C36H46ClN3O7S. The highest BCUT2D eigenvalue weighted by atomic mass is 35.5. The number of anilines is 1. The predicted octanol–water partition coefficient (Wildman–Crippen LogP) is 4.32. The van der Waals surface area contributed by atoms with Crippen LogP contribution in [0.15, 0.2) is 48.6 Å². The number of nitrogens with one attached hydrogen (secondary N) is 1. The van der Waals surface area contributed by atoms with Gasteiger partial charge in [0.05, 0.1) is 31.1 Å². The molecule has 0 radical (unpaired) electrons. The van der Waals surface area contributed by atoms with E-state index in [0.29, 0.717) is 61.0 Å². The molecular weight excluding hydrogens is 654 g/mol. The lowest BCUT2D eigenvalue weighted by molar-refractivity contribution is -0.148. The highest BCUT2D eigenvalue weighted by Gasteiger charge is 2.46. The molecule has 2 aliphatic heterocycles. The molecule has 1 fully saturated rings. The van der Waals surface area contributed by atoms with Crippen LogP contribution in [0.5, 0.6) is 5.75 Å². The van der Waals surface area contributed by atoms with Gasteiger partial charge in [0.25, 0.3) is 5.91 Å². The van der Waals surface area contributed by atoms with Gasteiger partial charge < -0.3 is 24.4 Å². The highest BCUT2D eigenvalue weighted by molar-refractivity contribution is 7.89. The zero-order chi connectivity index (χ0) is 34.3. The summed E-state index contributed by atoms with van der Waals surface area (Å²) < 4.78 is 38.9. The number of benzene rings is 2. The third kappa shape index (κ3) is 6.97. The average Bonchev–Trinajstić information content (AvgIpc) is 3.17. The molecule has 260 valence electrons. The van der Waals surface area contributed by atoms with E-state index in [1.807, 2.05) is 10.8 Å². The smallest absolute Gasteiger partial charge is 0.270 e. The number of aryl methyl sites for hydroxylation is 1. The van der Waals surface area contributed by atoms with Gasteiger partial charge in [-0.05, 0) is 97.7 Å². The zero-order valence-corrected chi connectivity index (χ0v) is 29.5. The van der Waals surface area contributed by atoms with Gasteiger partial charge in [0.1, 0.15) is 5.75 Å². The summed E-state index contributed by atoms with van der Waals surface area (Å²) in [4.78, 5) is 30.9. The van der Waals surface area contributed by atoms with Gasteiger partial charge in [0.15, 0.2) is 5.60 Å². The summed E-state index contributed by atoms with van der Waals surface area (Å²) >= 11 is 6.43. The Morgan fingerprint density at radius 1 is 1.17 bits per heavy atom. The molecule has 2 N–H and O–H groups in total. The molecule has 2 amide bonds. The van der Waals surface area contributed by atoms with Crippen LogP contribution >= 0.6 is 11.6 Å². The Morgan fingerprint density at radius 2 is 1.98 bits per heavy atom. The molecule has 10 nitrogen and oxygen atoms in total. The van der Waals surface area contributed by atoms with Gasteiger partial charge in [-0.2, -0.15) is 0 Å². The van der Waals surface area contributed by atoms with E-state index in [1.54, 1.807) is 32.4 Å². The van der Waals surface area contributed by atoms with Crippen LogP contribution in [0.2, 0.25) is 5.02 Å². The van der Waals surface area contributed by atoms with Crippen molar-refractivity contribution in [2.24, 2.45) is 11.8 Å². The maximum Gasteiger partial charge on any atom is 0.270 e. The number of fused-ring (bicyclic) bond motifs is 4. The first-order valence-electron chi connectivity index (χ1n) is 16.8. The number of hydrogen-bond acceptors (Lipinski definition) is 8. The number of hydrogen-bond donors (Lipinski definition) is 2. The van der Waals surface area contributed by atoms with Crippen LogP contribution in [-0.2, 0) is 41.8 Å². The van der Waals surface area contributed by atoms with Crippen LogP contribution < -0.4 is 14.4 Å². The van der Waals surface area contributed by atoms with E-state index in [0.717, 1.165) is 44.8 Å². The van der Waals surface area contributed by atoms with Crippen molar-refractivity contribution in [1.29, 1.82) is 0 Å². The van der Waals surface area contributed by atoms with Crippen molar-refractivity contribution < 1.29 is 32.6 Å². The highest BCUT2D eigenvalue weighted by Crippen LogP contribution is 2.47. The lowest BCUT2D eigenvalue weighted by atomic mass is 9.68. The van der Waals surface area contributed by atoms with Gasteiger partial charge in [-0.1, -0.05) is 35.9 Å². The summed E-state index contributed by atoms with van der Waals surface area (Å²) in [6.07, 6.45) is 10.7. The van der Waals surface area contributed by atoms with Gasteiger partial charge >= 0.3 is 0 Å². The monoisotopic (exact) mass is 699 g/mol. The van der Waals surface area contributed by atoms with Crippen LogP contribution in [0, 0.1) is 11.8 Å². The molecule has 12 heteroatoms. The van der Waals surface area contributed by atoms with Gasteiger partial charge in [-0.3, -0.25) is 14.3 Å². The quantitative estimate of drug-likeness (QED) is 0.454. The molecule has 2 aromatic carbocycles. The zero-order valence-electron chi connectivity index (χ0n) is 27.9. The predicted molar refractivity (Wildman–Crippen MR) is 185 cm³/mol. The van der Waals surface area contributed by atoms with Crippen molar-refractivity contribution in [2.75, 3.05) is 51.6 Å². The summed E-state index contributed by atoms with van der Waals surface area (Å²) in [5.41, 5.74) is 0.455. The fourth-order valence-corrected chi connectivity index (χ4v) is 8.73. The summed E-state index contributed by atoms with van der Waals surface area (Å²) in [6.45, 7) is 2.16. The van der Waals surface area contributed by atoms with Gasteiger partial charge in [-0.25, -0.2) is 8.42 Å². The first-order valence-corrected chi connectivity index (χ1v) is 19.1. The number of allylic oxidation sites excluding steroid dienone is 1. The molecule has 1 saturated carbocycles. The molecule has 0 unspecified atom stereocenters. The Balaban J connectivity index is 1.48. The van der Waals surface area contributed by atoms with Crippen molar-refractivity contribution in [2.45, 2.75) is 68.5 Å². The molecule has 2 heterocycles. The summed E-state index contributed by atoms with van der Waals surface area (Å²) in [5.74, 6) is -0.432. The van der Waals surface area contributed by atoms with Crippen LogP contribution in [0.3, 0.4) is 0 Å².